The van der Waals surface area contributed by atoms with Gasteiger partial charge in [-0.05, 0) is 11.8 Å². The van der Waals surface area contributed by atoms with Crippen molar-refractivity contribution in [3.63, 3.8) is 0 Å². The molecular formula is CH8BO8P3S. The zero-order valence-corrected chi connectivity index (χ0v) is 10.6. The largest absolute Gasteiger partial charge is 0.486 e. The zero-order valence-electron chi connectivity index (χ0n) is 7.13. The van der Waals surface area contributed by atoms with Crippen LogP contribution in [0.3, 0.4) is 0 Å². The second-order valence-electron chi connectivity index (χ2n) is 2.08. The molecule has 0 spiro atoms. The van der Waals surface area contributed by atoms with E-state index in [1.165, 1.54) is 7.57 Å². The van der Waals surface area contributed by atoms with Crippen LogP contribution in [0.25, 0.3) is 0 Å². The molecule has 14 heavy (non-hydrogen) atoms. The lowest BCUT2D eigenvalue weighted by Gasteiger charge is -2.19. The highest BCUT2D eigenvalue weighted by Crippen LogP contribution is 2.65. The van der Waals surface area contributed by atoms with Gasteiger partial charge in [-0.3, -0.25) is 0 Å². The van der Waals surface area contributed by atoms with Crippen molar-refractivity contribution in [1.82, 2.24) is 0 Å². The minimum absolute atomic E-state index is 1.14. The number of hydrogen-bond donors (Lipinski definition) is 3. The van der Waals surface area contributed by atoms with E-state index in [1.54, 1.807) is 0 Å². The summed E-state index contributed by atoms with van der Waals surface area (Å²) in [4.78, 5) is 25.3. The van der Waals surface area contributed by atoms with Crippen LogP contribution in [0.15, 0.2) is 0 Å². The standard InChI is InChI=1S/CH8BO8P3S/c1-8-11(2,14)9-13(6,7)10-12(3,4)5/h2H2,1H3,(H,6,7)(H2,3,4,5). The van der Waals surface area contributed by atoms with Gasteiger partial charge in [-0.2, -0.15) is 4.31 Å². The van der Waals surface area contributed by atoms with E-state index < -0.39 is 22.0 Å². The van der Waals surface area contributed by atoms with Crippen LogP contribution in [0, 0.1) is 0 Å². The van der Waals surface area contributed by atoms with Crippen LogP contribution in [0.5, 0.6) is 0 Å². The van der Waals surface area contributed by atoms with Crippen molar-refractivity contribution in [3.05, 3.63) is 0 Å². The van der Waals surface area contributed by atoms with E-state index in [-0.39, 0.29) is 0 Å². The Kier molecular flexibility index (Phi) is 5.17. The van der Waals surface area contributed by atoms with Gasteiger partial charge in [-0.15, -0.1) is 0 Å². The summed E-state index contributed by atoms with van der Waals surface area (Å²) in [5.74, 6) is 0. The summed E-state index contributed by atoms with van der Waals surface area (Å²) in [6.07, 6.45) is -3.03. The molecule has 8 nitrogen and oxygen atoms in total. The first-order valence-corrected chi connectivity index (χ1v) is 9.03. The summed E-state index contributed by atoms with van der Waals surface area (Å²) in [6, 6.07) is 0. The monoisotopic (exact) mass is 284 g/mol. The Morgan fingerprint density at radius 3 is 1.93 bits per heavy atom. The normalized spacial score (nSPS) is 21.1. The van der Waals surface area contributed by atoms with Crippen LogP contribution < -0.4 is 0 Å². The van der Waals surface area contributed by atoms with Gasteiger partial charge in [0.15, 0.2) is 0 Å². The molecule has 13 heteroatoms. The highest BCUT2D eigenvalue weighted by molar-refractivity contribution is 8.22. The van der Waals surface area contributed by atoms with E-state index >= 15 is 0 Å². The maximum absolute atomic E-state index is 10.9. The van der Waals surface area contributed by atoms with Gasteiger partial charge in [0.1, 0.15) is 6.37 Å². The fourth-order valence-electron chi connectivity index (χ4n) is 0.370. The molecule has 0 aromatic rings. The van der Waals surface area contributed by atoms with Crippen LogP contribution in [0.2, 0.25) is 0 Å². The van der Waals surface area contributed by atoms with E-state index in [0.29, 0.717) is 0 Å². The molecule has 2 atom stereocenters. The first kappa shape index (κ1) is 14.9. The predicted octanol–water partition coefficient (Wildman–Crippen LogP) is -0.283. The van der Waals surface area contributed by atoms with Crippen molar-refractivity contribution in [2.24, 2.45) is 0 Å². The third-order valence-electron chi connectivity index (χ3n) is 0.793. The van der Waals surface area contributed by atoms with Gasteiger partial charge < -0.3 is 19.2 Å². The van der Waals surface area contributed by atoms with E-state index in [1.807, 2.05) is 0 Å². The van der Waals surface area contributed by atoms with Crippen LogP contribution >= 0.6 is 22.0 Å². The van der Waals surface area contributed by atoms with Crippen molar-refractivity contribution in [2.45, 2.75) is 0 Å². The molecule has 0 aliphatic carbocycles. The summed E-state index contributed by atoms with van der Waals surface area (Å²) in [5.41, 5.74) is 0. The first-order valence-electron chi connectivity index (χ1n) is 2.92. The van der Waals surface area contributed by atoms with Gasteiger partial charge in [0.25, 0.3) is 0 Å². The van der Waals surface area contributed by atoms with Gasteiger partial charge in [0.2, 0.25) is 7.57 Å². The van der Waals surface area contributed by atoms with Gasteiger partial charge in [0.05, 0.1) is 0 Å². The second kappa shape index (κ2) is 4.85. The van der Waals surface area contributed by atoms with Gasteiger partial charge >= 0.3 is 15.6 Å². The molecule has 0 amide bonds. The van der Waals surface area contributed by atoms with E-state index in [2.05, 4.69) is 25.0 Å². The molecule has 2 unspecified atom stereocenters. The summed E-state index contributed by atoms with van der Waals surface area (Å²) in [7, 11) is -7.66. The quantitative estimate of drug-likeness (QED) is 0.461. The Balaban J connectivity index is 4.60. The smallest absolute Gasteiger partial charge is 0.340 e. The van der Waals surface area contributed by atoms with E-state index in [9.17, 15) is 9.13 Å². The van der Waals surface area contributed by atoms with Crippen LogP contribution in [-0.4, -0.2) is 29.4 Å². The highest BCUT2D eigenvalue weighted by Gasteiger charge is 2.36. The summed E-state index contributed by atoms with van der Waals surface area (Å²) < 4.78 is 33.4. The van der Waals surface area contributed by atoms with Crippen molar-refractivity contribution >= 4 is 41.4 Å². The molecule has 3 N–H and O–H groups in total. The topological polar surface area (TPSA) is 123 Å². The fourth-order valence-corrected chi connectivity index (χ4v) is 4.36. The molecule has 0 aliphatic heterocycles. The third-order valence-corrected chi connectivity index (χ3v) is 6.19. The Hall–Kier alpha value is 0.935. The lowest BCUT2D eigenvalue weighted by atomic mass is 10.8. The average Bonchev–Trinajstić information content (AvgIpc) is 1.78. The molecule has 0 rings (SSSR count). The van der Waals surface area contributed by atoms with Crippen molar-refractivity contribution < 1.29 is 37.0 Å². The Morgan fingerprint density at radius 1 is 1.21 bits per heavy atom. The lowest BCUT2D eigenvalue weighted by molar-refractivity contribution is 0.228. The number of rotatable bonds is 5. The zero-order chi connectivity index (χ0) is 11.6. The third kappa shape index (κ3) is 7.26. The number of phosphoric acid groups is 2. The van der Waals surface area contributed by atoms with Gasteiger partial charge in [-0.1, -0.05) is 0 Å². The molecule has 0 heterocycles. The van der Waals surface area contributed by atoms with E-state index in [4.69, 9.17) is 14.7 Å². The van der Waals surface area contributed by atoms with Crippen LogP contribution in [-0.2, 0) is 34.1 Å². The molecule has 0 radical (unpaired) electrons. The Labute approximate surface area is 86.0 Å². The van der Waals surface area contributed by atoms with Crippen molar-refractivity contribution in [3.8, 4) is 0 Å². The highest BCUT2D eigenvalue weighted by atomic mass is 32.5. The Morgan fingerprint density at radius 2 is 1.64 bits per heavy atom. The van der Waals surface area contributed by atoms with Gasteiger partial charge in [0, 0.05) is 7.11 Å². The maximum Gasteiger partial charge on any atom is 0.486 e. The van der Waals surface area contributed by atoms with Crippen molar-refractivity contribution in [2.75, 3.05) is 7.11 Å². The van der Waals surface area contributed by atoms with Crippen LogP contribution in [0.1, 0.15) is 0 Å². The van der Waals surface area contributed by atoms with E-state index in [0.717, 1.165) is 7.11 Å². The molecular weight excluding hydrogens is 276 g/mol. The molecule has 0 aromatic carbocycles. The molecule has 0 aromatic heterocycles. The maximum atomic E-state index is 10.9. The molecule has 0 aliphatic rings. The van der Waals surface area contributed by atoms with Crippen LogP contribution in [0.4, 0.5) is 0 Å². The minimum Gasteiger partial charge on any atom is -0.340 e. The molecule has 0 saturated heterocycles. The summed E-state index contributed by atoms with van der Waals surface area (Å²) >= 11 is 4.58. The predicted molar refractivity (Wildman–Crippen MR) is 53.9 cm³/mol. The summed E-state index contributed by atoms with van der Waals surface area (Å²) in [5, 5.41) is 0. The second-order valence-corrected chi connectivity index (χ2v) is 9.20. The summed E-state index contributed by atoms with van der Waals surface area (Å²) in [6.45, 7) is 0. The first-order chi connectivity index (χ1) is 5.97. The lowest BCUT2D eigenvalue weighted by Crippen LogP contribution is -1.94. The number of hydrogen-bond acceptors (Lipinski definition) is 6. The molecule has 0 bridgehead atoms. The van der Waals surface area contributed by atoms with Gasteiger partial charge in [-0.25, -0.2) is 13.4 Å². The van der Waals surface area contributed by atoms with Crippen molar-refractivity contribution in [1.29, 1.82) is 0 Å². The average molecular weight is 284 g/mol. The fraction of sp³-hybridized carbons (Fsp3) is 1.00. The molecule has 0 fully saturated rings. The minimum atomic E-state index is -5.11. The molecule has 84 valence electrons. The Bertz CT molecular complexity index is 333. The SMILES string of the molecule is BP(=S)(OC)OP(=O)(O)OP(=O)(O)O. The molecule has 0 saturated carbocycles.